The smallest absolute Gasteiger partial charge is 0.329 e. The van der Waals surface area contributed by atoms with Crippen molar-refractivity contribution in [3.05, 3.63) is 17.5 Å². The predicted molar refractivity (Wildman–Crippen MR) is 70.5 cm³/mol. The van der Waals surface area contributed by atoms with E-state index in [0.29, 0.717) is 31.5 Å². The summed E-state index contributed by atoms with van der Waals surface area (Å²) in [6.07, 6.45) is 2.98. The molecular weight excluding hydrogens is 262 g/mol. The Morgan fingerprint density at radius 1 is 1.45 bits per heavy atom. The number of rotatable bonds is 4. The molecule has 1 aromatic heterocycles. The highest BCUT2D eigenvalue weighted by Crippen LogP contribution is 2.17. The Morgan fingerprint density at radius 3 is 2.60 bits per heavy atom. The van der Waals surface area contributed by atoms with Crippen LogP contribution in [0, 0.1) is 6.92 Å². The number of hydrogen-bond acceptors (Lipinski definition) is 4. The van der Waals surface area contributed by atoms with Crippen molar-refractivity contribution in [2.75, 3.05) is 19.7 Å². The summed E-state index contributed by atoms with van der Waals surface area (Å²) in [6.45, 7) is 2.70. The van der Waals surface area contributed by atoms with E-state index in [1.165, 1.54) is 0 Å². The number of aryl methyl sites for hydroxylation is 2. The van der Waals surface area contributed by atoms with Crippen molar-refractivity contribution in [1.82, 2.24) is 14.7 Å². The van der Waals surface area contributed by atoms with Crippen molar-refractivity contribution in [3.63, 3.8) is 0 Å². The topological polar surface area (TPSA) is 84.7 Å². The van der Waals surface area contributed by atoms with E-state index < -0.39 is 5.97 Å². The van der Waals surface area contributed by atoms with Gasteiger partial charge in [-0.1, -0.05) is 0 Å². The average Bonchev–Trinajstić information content (AvgIpc) is 2.75. The third kappa shape index (κ3) is 3.36. The van der Waals surface area contributed by atoms with Crippen LogP contribution < -0.4 is 0 Å². The number of likely N-dealkylation sites (tertiary alicyclic amines) is 1. The SMILES string of the molecule is Cc1nn(C)cc1C(=O)N1CCC(OCC(=O)O)CC1. The molecule has 0 radical (unpaired) electrons. The molecule has 0 unspecified atom stereocenters. The van der Waals surface area contributed by atoms with E-state index in [1.807, 2.05) is 6.92 Å². The van der Waals surface area contributed by atoms with Gasteiger partial charge in [0.05, 0.1) is 17.4 Å². The van der Waals surface area contributed by atoms with Crippen molar-refractivity contribution in [1.29, 1.82) is 0 Å². The lowest BCUT2D eigenvalue weighted by Gasteiger charge is -2.31. The standard InChI is InChI=1S/C13H19N3O4/c1-9-11(7-15(2)14-9)13(19)16-5-3-10(4-6-16)20-8-12(17)18/h7,10H,3-6,8H2,1-2H3,(H,17,18). The number of carboxylic acid groups (broad SMARTS) is 1. The number of piperidine rings is 1. The molecule has 1 saturated heterocycles. The van der Waals surface area contributed by atoms with Gasteiger partial charge < -0.3 is 14.7 Å². The van der Waals surface area contributed by atoms with Crippen LogP contribution in [0.2, 0.25) is 0 Å². The first-order valence-corrected chi connectivity index (χ1v) is 6.60. The summed E-state index contributed by atoms with van der Waals surface area (Å²) < 4.78 is 6.88. The monoisotopic (exact) mass is 281 g/mol. The van der Waals surface area contributed by atoms with Gasteiger partial charge in [0, 0.05) is 26.3 Å². The molecule has 2 heterocycles. The molecule has 2 rings (SSSR count). The van der Waals surface area contributed by atoms with Gasteiger partial charge in [0.25, 0.3) is 5.91 Å². The molecule has 110 valence electrons. The summed E-state index contributed by atoms with van der Waals surface area (Å²) in [5.74, 6) is -0.984. The minimum Gasteiger partial charge on any atom is -0.480 e. The summed E-state index contributed by atoms with van der Waals surface area (Å²) in [5.41, 5.74) is 1.35. The largest absolute Gasteiger partial charge is 0.480 e. The lowest BCUT2D eigenvalue weighted by molar-refractivity contribution is -0.145. The number of nitrogens with zero attached hydrogens (tertiary/aromatic N) is 3. The van der Waals surface area contributed by atoms with Crippen LogP contribution in [0.5, 0.6) is 0 Å². The maximum atomic E-state index is 12.3. The van der Waals surface area contributed by atoms with Gasteiger partial charge in [0.1, 0.15) is 6.61 Å². The zero-order valence-electron chi connectivity index (χ0n) is 11.7. The minimum atomic E-state index is -0.963. The molecule has 0 saturated carbocycles. The van der Waals surface area contributed by atoms with Crippen molar-refractivity contribution in [2.24, 2.45) is 7.05 Å². The molecule has 1 N–H and O–H groups in total. The molecule has 7 nitrogen and oxygen atoms in total. The Hall–Kier alpha value is -1.89. The van der Waals surface area contributed by atoms with Crippen LogP contribution in [-0.2, 0) is 16.6 Å². The number of amides is 1. The summed E-state index contributed by atoms with van der Waals surface area (Å²) in [5, 5.41) is 12.7. The number of aliphatic carboxylic acids is 1. The highest BCUT2D eigenvalue weighted by Gasteiger charge is 2.26. The van der Waals surface area contributed by atoms with Crippen LogP contribution in [-0.4, -0.2) is 57.5 Å². The number of carbonyl (C=O) groups excluding carboxylic acids is 1. The Labute approximate surface area is 117 Å². The van der Waals surface area contributed by atoms with Crippen LogP contribution in [0.25, 0.3) is 0 Å². The van der Waals surface area contributed by atoms with Gasteiger partial charge in [-0.2, -0.15) is 5.10 Å². The van der Waals surface area contributed by atoms with Crippen LogP contribution in [0.1, 0.15) is 28.9 Å². The fraction of sp³-hybridized carbons (Fsp3) is 0.615. The van der Waals surface area contributed by atoms with E-state index in [9.17, 15) is 9.59 Å². The van der Waals surface area contributed by atoms with Gasteiger partial charge in [0.2, 0.25) is 0 Å². The number of carboxylic acids is 1. The molecule has 0 spiro atoms. The number of carbonyl (C=O) groups is 2. The molecule has 0 aromatic carbocycles. The van der Waals surface area contributed by atoms with Crippen LogP contribution in [0.4, 0.5) is 0 Å². The first kappa shape index (κ1) is 14.5. The van der Waals surface area contributed by atoms with Gasteiger partial charge >= 0.3 is 5.97 Å². The zero-order valence-corrected chi connectivity index (χ0v) is 11.7. The summed E-state index contributed by atoms with van der Waals surface area (Å²) in [4.78, 5) is 24.6. The second kappa shape index (κ2) is 6.04. The highest BCUT2D eigenvalue weighted by atomic mass is 16.5. The normalized spacial score (nSPS) is 16.4. The maximum absolute atomic E-state index is 12.3. The molecular formula is C13H19N3O4. The van der Waals surface area contributed by atoms with Gasteiger partial charge in [-0.05, 0) is 19.8 Å². The molecule has 0 bridgehead atoms. The Balaban J connectivity index is 1.89. The van der Waals surface area contributed by atoms with E-state index in [-0.39, 0.29) is 18.6 Å². The van der Waals surface area contributed by atoms with Crippen molar-refractivity contribution in [3.8, 4) is 0 Å². The fourth-order valence-corrected chi connectivity index (χ4v) is 2.39. The lowest BCUT2D eigenvalue weighted by atomic mass is 10.1. The van der Waals surface area contributed by atoms with Crippen molar-refractivity contribution >= 4 is 11.9 Å². The Morgan fingerprint density at radius 2 is 2.10 bits per heavy atom. The van der Waals surface area contributed by atoms with E-state index >= 15 is 0 Å². The zero-order chi connectivity index (χ0) is 14.7. The van der Waals surface area contributed by atoms with E-state index in [4.69, 9.17) is 9.84 Å². The number of aromatic nitrogens is 2. The summed E-state index contributed by atoms with van der Waals surface area (Å²) >= 11 is 0. The number of hydrogen-bond donors (Lipinski definition) is 1. The lowest BCUT2D eigenvalue weighted by Crippen LogP contribution is -2.41. The van der Waals surface area contributed by atoms with Crippen molar-refractivity contribution < 1.29 is 19.4 Å². The molecule has 0 atom stereocenters. The van der Waals surface area contributed by atoms with E-state index in [1.54, 1.807) is 22.8 Å². The molecule has 1 aromatic rings. The van der Waals surface area contributed by atoms with Crippen LogP contribution >= 0.6 is 0 Å². The van der Waals surface area contributed by atoms with Crippen molar-refractivity contribution in [2.45, 2.75) is 25.9 Å². The molecule has 7 heteroatoms. The predicted octanol–water partition coefficient (Wildman–Crippen LogP) is 0.434. The first-order chi connectivity index (χ1) is 9.47. The van der Waals surface area contributed by atoms with Gasteiger partial charge in [-0.25, -0.2) is 4.79 Å². The second-order valence-corrected chi connectivity index (χ2v) is 5.00. The Bertz CT molecular complexity index is 504. The third-order valence-electron chi connectivity index (χ3n) is 3.42. The second-order valence-electron chi connectivity index (χ2n) is 5.00. The molecule has 1 amide bonds. The third-order valence-corrected chi connectivity index (χ3v) is 3.42. The Kier molecular flexibility index (Phi) is 4.39. The average molecular weight is 281 g/mol. The number of ether oxygens (including phenoxy) is 1. The summed E-state index contributed by atoms with van der Waals surface area (Å²) in [6, 6.07) is 0. The first-order valence-electron chi connectivity index (χ1n) is 6.60. The minimum absolute atomic E-state index is 0.0210. The van der Waals surface area contributed by atoms with Gasteiger partial charge in [-0.15, -0.1) is 0 Å². The molecule has 1 fully saturated rings. The van der Waals surface area contributed by atoms with Crippen LogP contribution in [0.15, 0.2) is 6.20 Å². The van der Waals surface area contributed by atoms with Gasteiger partial charge in [0.15, 0.2) is 0 Å². The molecule has 1 aliphatic rings. The summed E-state index contributed by atoms with van der Waals surface area (Å²) in [7, 11) is 1.79. The highest BCUT2D eigenvalue weighted by molar-refractivity contribution is 5.95. The molecule has 1 aliphatic heterocycles. The molecule has 20 heavy (non-hydrogen) atoms. The maximum Gasteiger partial charge on any atom is 0.329 e. The van der Waals surface area contributed by atoms with Gasteiger partial charge in [-0.3, -0.25) is 9.48 Å². The van der Waals surface area contributed by atoms with E-state index in [0.717, 1.165) is 5.69 Å². The van der Waals surface area contributed by atoms with Crippen LogP contribution in [0.3, 0.4) is 0 Å². The molecule has 0 aliphatic carbocycles. The quantitative estimate of drug-likeness (QED) is 0.865. The fourth-order valence-electron chi connectivity index (χ4n) is 2.39. The van der Waals surface area contributed by atoms with E-state index in [2.05, 4.69) is 5.10 Å².